The maximum atomic E-state index is 13.2. The molecule has 1 atom stereocenters. The number of carbonyl (C=O) groups excluding carboxylic acids is 1. The highest BCUT2D eigenvalue weighted by Crippen LogP contribution is 2.39. The van der Waals surface area contributed by atoms with Crippen LogP contribution in [0.25, 0.3) is 11.0 Å². The van der Waals surface area contributed by atoms with Gasteiger partial charge in [0.05, 0.1) is 20.3 Å². The zero-order valence-electron chi connectivity index (χ0n) is 15.8. The highest BCUT2D eigenvalue weighted by atomic mass is 16.5. The van der Waals surface area contributed by atoms with E-state index in [9.17, 15) is 9.59 Å². The van der Waals surface area contributed by atoms with Crippen LogP contribution in [-0.2, 0) is 0 Å². The summed E-state index contributed by atoms with van der Waals surface area (Å²) < 4.78 is 16.2. The van der Waals surface area contributed by atoms with Gasteiger partial charge in [0.15, 0.2) is 0 Å². The van der Waals surface area contributed by atoms with Crippen molar-refractivity contribution < 1.29 is 18.7 Å². The van der Waals surface area contributed by atoms with Crippen molar-refractivity contribution >= 4 is 16.9 Å². The predicted octanol–water partition coefficient (Wildman–Crippen LogP) is 3.79. The molecule has 144 valence electrons. The first-order valence-electron chi connectivity index (χ1n) is 9.18. The average Bonchev–Trinajstić information content (AvgIpc) is 3.22. The van der Waals surface area contributed by atoms with Crippen LogP contribution in [0.2, 0.25) is 0 Å². The number of hydrogen-bond donors (Lipinski definition) is 0. The predicted molar refractivity (Wildman–Crippen MR) is 105 cm³/mol. The number of amides is 1. The van der Waals surface area contributed by atoms with Crippen LogP contribution in [0.3, 0.4) is 0 Å². The number of nitrogens with zero attached hydrogens (tertiary/aromatic N) is 1. The van der Waals surface area contributed by atoms with Crippen molar-refractivity contribution in [2.45, 2.75) is 18.9 Å². The second-order valence-corrected chi connectivity index (χ2v) is 6.75. The molecule has 0 spiro atoms. The number of benzene rings is 2. The molecule has 4 rings (SSSR count). The van der Waals surface area contributed by atoms with Gasteiger partial charge in [0.1, 0.15) is 22.6 Å². The summed E-state index contributed by atoms with van der Waals surface area (Å²) in [7, 11) is 3.20. The third-order valence-electron chi connectivity index (χ3n) is 5.18. The lowest BCUT2D eigenvalue weighted by Crippen LogP contribution is -2.33. The lowest BCUT2D eigenvalue weighted by atomic mass is 10.0. The van der Waals surface area contributed by atoms with Crippen LogP contribution in [0.5, 0.6) is 11.5 Å². The van der Waals surface area contributed by atoms with Gasteiger partial charge in [0.2, 0.25) is 0 Å². The number of hydrogen-bond acceptors (Lipinski definition) is 5. The van der Waals surface area contributed by atoms with Crippen molar-refractivity contribution in [1.82, 2.24) is 4.90 Å². The molecule has 0 saturated carbocycles. The Kier molecular flexibility index (Phi) is 4.77. The molecule has 3 aromatic rings. The number of likely N-dealkylation sites (tertiary alicyclic amines) is 1. The van der Waals surface area contributed by atoms with E-state index in [0.29, 0.717) is 23.6 Å². The quantitative estimate of drug-likeness (QED) is 0.645. The zero-order valence-corrected chi connectivity index (χ0v) is 15.8. The molecule has 28 heavy (non-hydrogen) atoms. The summed E-state index contributed by atoms with van der Waals surface area (Å²) in [6.07, 6.45) is 1.63. The van der Waals surface area contributed by atoms with Crippen LogP contribution < -0.4 is 15.1 Å². The van der Waals surface area contributed by atoms with Crippen molar-refractivity contribution in [1.29, 1.82) is 0 Å². The van der Waals surface area contributed by atoms with E-state index in [1.807, 2.05) is 30.3 Å². The van der Waals surface area contributed by atoms with Crippen LogP contribution in [0.1, 0.15) is 34.8 Å². The molecule has 1 aliphatic rings. The van der Waals surface area contributed by atoms with Gasteiger partial charge in [-0.1, -0.05) is 18.2 Å². The van der Waals surface area contributed by atoms with Gasteiger partial charge in [-0.25, -0.2) is 4.79 Å². The summed E-state index contributed by atoms with van der Waals surface area (Å²) in [6, 6.07) is 14.1. The molecule has 6 nitrogen and oxygen atoms in total. The van der Waals surface area contributed by atoms with E-state index in [4.69, 9.17) is 13.9 Å². The molecular weight excluding hydrogens is 358 g/mol. The second-order valence-electron chi connectivity index (χ2n) is 6.75. The van der Waals surface area contributed by atoms with Gasteiger partial charge in [-0.05, 0) is 43.2 Å². The number of ether oxygens (including phenoxy) is 2. The molecule has 0 radical (unpaired) electrons. The summed E-state index contributed by atoms with van der Waals surface area (Å²) in [5.41, 5.74) is 0.772. The molecule has 0 aliphatic carbocycles. The summed E-state index contributed by atoms with van der Waals surface area (Å²) in [5, 5.41) is 0.722. The fraction of sp³-hybridized carbons (Fsp3) is 0.273. The SMILES string of the molecule is COc1ccc(OC)c([C@H]2CCCN2C(=O)c2cc3ccccc3oc2=O)c1. The molecule has 6 heteroatoms. The molecule has 1 saturated heterocycles. The van der Waals surface area contributed by atoms with E-state index >= 15 is 0 Å². The van der Waals surface area contributed by atoms with E-state index < -0.39 is 5.63 Å². The standard InChI is InChI=1S/C22H21NO5/c1-26-15-9-10-20(27-2)16(13-15)18-7-5-11-23(18)21(24)17-12-14-6-3-4-8-19(14)28-22(17)25/h3-4,6,8-10,12-13,18H,5,7,11H2,1-2H3/t18-/m1/s1. The molecule has 1 aromatic heterocycles. The maximum Gasteiger partial charge on any atom is 0.349 e. The van der Waals surface area contributed by atoms with Gasteiger partial charge < -0.3 is 18.8 Å². The molecule has 0 bridgehead atoms. The van der Waals surface area contributed by atoms with E-state index in [1.165, 1.54) is 0 Å². The molecule has 2 aromatic carbocycles. The molecular formula is C22H21NO5. The van der Waals surface area contributed by atoms with Crippen molar-refractivity contribution in [3.05, 3.63) is 70.1 Å². The lowest BCUT2D eigenvalue weighted by molar-refractivity contribution is 0.0730. The molecule has 2 heterocycles. The Morgan fingerprint density at radius 3 is 2.71 bits per heavy atom. The summed E-state index contributed by atoms with van der Waals surface area (Å²) in [6.45, 7) is 0.566. The Morgan fingerprint density at radius 1 is 1.11 bits per heavy atom. The fourth-order valence-corrected chi connectivity index (χ4v) is 3.80. The van der Waals surface area contributed by atoms with Crippen LogP contribution in [0, 0.1) is 0 Å². The van der Waals surface area contributed by atoms with Gasteiger partial charge in [0, 0.05) is 17.5 Å². The Labute approximate surface area is 162 Å². The Balaban J connectivity index is 1.74. The molecule has 0 N–H and O–H groups in total. The van der Waals surface area contributed by atoms with E-state index in [2.05, 4.69) is 0 Å². The van der Waals surface area contributed by atoms with Crippen LogP contribution in [-0.4, -0.2) is 31.6 Å². The topological polar surface area (TPSA) is 69.0 Å². The van der Waals surface area contributed by atoms with Crippen LogP contribution >= 0.6 is 0 Å². The smallest absolute Gasteiger partial charge is 0.349 e. The first kappa shape index (κ1) is 18.1. The van der Waals surface area contributed by atoms with Crippen molar-refractivity contribution in [3.63, 3.8) is 0 Å². The van der Waals surface area contributed by atoms with Gasteiger partial charge in [-0.3, -0.25) is 4.79 Å². The number of para-hydroxylation sites is 1. The Hall–Kier alpha value is -3.28. The van der Waals surface area contributed by atoms with Gasteiger partial charge in [0.25, 0.3) is 5.91 Å². The highest BCUT2D eigenvalue weighted by Gasteiger charge is 2.34. The molecule has 1 fully saturated rings. The number of fused-ring (bicyclic) bond motifs is 1. The Morgan fingerprint density at radius 2 is 1.93 bits per heavy atom. The first-order valence-corrected chi connectivity index (χ1v) is 9.18. The van der Waals surface area contributed by atoms with Crippen molar-refractivity contribution in [2.24, 2.45) is 0 Å². The molecule has 1 aliphatic heterocycles. The maximum absolute atomic E-state index is 13.2. The third-order valence-corrected chi connectivity index (χ3v) is 5.18. The number of carbonyl (C=O) groups is 1. The largest absolute Gasteiger partial charge is 0.497 e. The van der Waals surface area contributed by atoms with Crippen LogP contribution in [0.4, 0.5) is 0 Å². The molecule has 1 amide bonds. The third kappa shape index (κ3) is 3.11. The van der Waals surface area contributed by atoms with Gasteiger partial charge in [-0.2, -0.15) is 0 Å². The minimum absolute atomic E-state index is 0.0486. The van der Waals surface area contributed by atoms with Gasteiger partial charge >= 0.3 is 5.63 Å². The van der Waals surface area contributed by atoms with E-state index in [-0.39, 0.29) is 17.5 Å². The van der Waals surface area contributed by atoms with Crippen molar-refractivity contribution in [2.75, 3.05) is 20.8 Å². The van der Waals surface area contributed by atoms with Gasteiger partial charge in [-0.15, -0.1) is 0 Å². The van der Waals surface area contributed by atoms with Crippen molar-refractivity contribution in [3.8, 4) is 11.5 Å². The fourth-order valence-electron chi connectivity index (χ4n) is 3.80. The summed E-state index contributed by atoms with van der Waals surface area (Å²) >= 11 is 0. The number of rotatable bonds is 4. The van der Waals surface area contributed by atoms with Crippen LogP contribution in [0.15, 0.2) is 57.7 Å². The van der Waals surface area contributed by atoms with E-state index in [1.54, 1.807) is 37.3 Å². The monoisotopic (exact) mass is 379 g/mol. The average molecular weight is 379 g/mol. The minimum Gasteiger partial charge on any atom is -0.497 e. The second kappa shape index (κ2) is 7.38. The molecule has 0 unspecified atom stereocenters. The summed E-state index contributed by atoms with van der Waals surface area (Å²) in [4.78, 5) is 27.4. The minimum atomic E-state index is -0.619. The Bertz CT molecular complexity index is 1090. The first-order chi connectivity index (χ1) is 13.6. The highest BCUT2D eigenvalue weighted by molar-refractivity contribution is 5.97. The normalized spacial score (nSPS) is 16.4. The van der Waals surface area contributed by atoms with E-state index in [0.717, 1.165) is 23.8 Å². The lowest BCUT2D eigenvalue weighted by Gasteiger charge is -2.26. The summed E-state index contributed by atoms with van der Waals surface area (Å²) in [5.74, 6) is 1.06. The zero-order chi connectivity index (χ0) is 19.7. The number of methoxy groups -OCH3 is 2.